The van der Waals surface area contributed by atoms with Gasteiger partial charge in [0.05, 0.1) is 29.4 Å². The molecule has 0 saturated carbocycles. The molecule has 31 heavy (non-hydrogen) atoms. The lowest BCUT2D eigenvalue weighted by Gasteiger charge is -2.16. The lowest BCUT2D eigenvalue weighted by atomic mass is 10.1. The maximum Gasteiger partial charge on any atom is 0.418 e. The van der Waals surface area contributed by atoms with Gasteiger partial charge < -0.3 is 10.1 Å². The van der Waals surface area contributed by atoms with E-state index in [9.17, 15) is 18.0 Å². The number of alkyl halides is 3. The summed E-state index contributed by atoms with van der Waals surface area (Å²) in [6.45, 7) is 3.34. The van der Waals surface area contributed by atoms with Crippen LogP contribution in [0, 0.1) is 0 Å². The van der Waals surface area contributed by atoms with Crippen LogP contribution < -0.4 is 5.32 Å². The van der Waals surface area contributed by atoms with Crippen LogP contribution in [-0.2, 0) is 22.8 Å². The van der Waals surface area contributed by atoms with E-state index in [2.05, 4.69) is 25.5 Å². The van der Waals surface area contributed by atoms with Crippen molar-refractivity contribution in [3.8, 4) is 11.4 Å². The second-order valence-electron chi connectivity index (χ2n) is 6.83. The summed E-state index contributed by atoms with van der Waals surface area (Å²) in [5.74, 6) is -0.386. The average Bonchev–Trinajstić information content (AvgIpc) is 3.33. The number of hydrogen-bond donors (Lipinski definition) is 1. The average molecular weight is 433 g/mol. The van der Waals surface area contributed by atoms with Crippen LogP contribution in [0.2, 0.25) is 0 Å². The Hall–Kier alpha value is -3.70. The molecule has 0 radical (unpaired) electrons. The van der Waals surface area contributed by atoms with Crippen molar-refractivity contribution in [1.29, 1.82) is 0 Å². The SMILES string of the molecule is CCOC(=O)C(C)Nc1nc2c(C(F)(F)F)cccc2c2nc(-c3cnn(C)c3)nn12. The Morgan fingerprint density at radius 3 is 2.71 bits per heavy atom. The van der Waals surface area contributed by atoms with Crippen LogP contribution in [0.4, 0.5) is 19.1 Å². The van der Waals surface area contributed by atoms with Gasteiger partial charge in [-0.25, -0.2) is 14.8 Å². The predicted molar refractivity (Wildman–Crippen MR) is 105 cm³/mol. The molecule has 162 valence electrons. The minimum absolute atomic E-state index is 0.0672. The van der Waals surface area contributed by atoms with Crippen LogP contribution in [0.25, 0.3) is 27.9 Å². The summed E-state index contributed by atoms with van der Waals surface area (Å²) in [5.41, 5.74) is -0.472. The summed E-state index contributed by atoms with van der Waals surface area (Å²) >= 11 is 0. The third-order valence-corrected chi connectivity index (χ3v) is 4.56. The second-order valence-corrected chi connectivity index (χ2v) is 6.83. The highest BCUT2D eigenvalue weighted by Gasteiger charge is 2.34. The van der Waals surface area contributed by atoms with Crippen LogP contribution in [-0.4, -0.2) is 48.0 Å². The van der Waals surface area contributed by atoms with Crippen molar-refractivity contribution in [3.63, 3.8) is 0 Å². The van der Waals surface area contributed by atoms with Gasteiger partial charge in [0, 0.05) is 18.6 Å². The normalized spacial score (nSPS) is 13.0. The van der Waals surface area contributed by atoms with E-state index in [1.165, 1.54) is 23.6 Å². The van der Waals surface area contributed by atoms with E-state index in [0.29, 0.717) is 5.56 Å². The van der Waals surface area contributed by atoms with Crippen molar-refractivity contribution >= 4 is 28.5 Å². The molecule has 12 heteroatoms. The lowest BCUT2D eigenvalue weighted by molar-refractivity contribution is -0.143. The molecule has 0 fully saturated rings. The van der Waals surface area contributed by atoms with Crippen molar-refractivity contribution in [3.05, 3.63) is 36.2 Å². The zero-order valence-electron chi connectivity index (χ0n) is 16.8. The topological polar surface area (TPSA) is 99.2 Å². The standard InChI is InChI=1S/C19H18F3N7O2/c1-4-31-17(30)10(2)24-18-25-14-12(6-5-7-13(14)19(20,21)22)16-26-15(27-29(16)18)11-8-23-28(3)9-11/h5-10H,4H2,1-3H3,(H,24,25). The van der Waals surface area contributed by atoms with Gasteiger partial charge in [0.25, 0.3) is 0 Å². The van der Waals surface area contributed by atoms with Gasteiger partial charge in [-0.15, -0.1) is 5.10 Å². The molecule has 1 unspecified atom stereocenters. The monoisotopic (exact) mass is 433 g/mol. The highest BCUT2D eigenvalue weighted by Crippen LogP contribution is 2.36. The van der Waals surface area contributed by atoms with E-state index in [-0.39, 0.29) is 34.9 Å². The van der Waals surface area contributed by atoms with Crippen LogP contribution in [0.3, 0.4) is 0 Å². The number of hydrogen-bond acceptors (Lipinski definition) is 7. The molecule has 9 nitrogen and oxygen atoms in total. The number of fused-ring (bicyclic) bond motifs is 3. The van der Waals surface area contributed by atoms with Gasteiger partial charge in [0.1, 0.15) is 6.04 Å². The molecule has 0 aliphatic carbocycles. The smallest absolute Gasteiger partial charge is 0.418 e. The van der Waals surface area contributed by atoms with E-state index in [1.54, 1.807) is 31.0 Å². The fraction of sp³-hybridized carbons (Fsp3) is 0.316. The number of carbonyl (C=O) groups excluding carboxylic acids is 1. The Labute approximate surface area is 173 Å². The molecular formula is C19H18F3N7O2. The third-order valence-electron chi connectivity index (χ3n) is 4.56. The summed E-state index contributed by atoms with van der Waals surface area (Å²) in [7, 11) is 1.72. The van der Waals surface area contributed by atoms with Crippen LogP contribution in [0.15, 0.2) is 30.6 Å². The maximum absolute atomic E-state index is 13.6. The van der Waals surface area contributed by atoms with Crippen LogP contribution in [0.5, 0.6) is 0 Å². The number of nitrogens with zero attached hydrogens (tertiary/aromatic N) is 6. The number of ether oxygens (including phenoxy) is 1. The number of aryl methyl sites for hydroxylation is 1. The van der Waals surface area contributed by atoms with E-state index in [1.807, 2.05) is 0 Å². The largest absolute Gasteiger partial charge is 0.464 e. The number of esters is 1. The molecule has 4 rings (SSSR count). The minimum atomic E-state index is -4.62. The number of para-hydroxylation sites is 1. The van der Waals surface area contributed by atoms with Gasteiger partial charge in [-0.2, -0.15) is 22.8 Å². The Morgan fingerprint density at radius 1 is 1.29 bits per heavy atom. The van der Waals surface area contributed by atoms with Gasteiger partial charge >= 0.3 is 12.1 Å². The Morgan fingerprint density at radius 2 is 2.06 bits per heavy atom. The fourth-order valence-corrected chi connectivity index (χ4v) is 3.13. The van der Waals surface area contributed by atoms with E-state index >= 15 is 0 Å². The van der Waals surface area contributed by atoms with Crippen molar-refractivity contribution < 1.29 is 22.7 Å². The van der Waals surface area contributed by atoms with Gasteiger partial charge in [-0.3, -0.25) is 4.68 Å². The first kappa shape index (κ1) is 20.6. The molecule has 0 aliphatic heterocycles. The van der Waals surface area contributed by atoms with Crippen LogP contribution >= 0.6 is 0 Å². The molecule has 0 saturated heterocycles. The van der Waals surface area contributed by atoms with Crippen molar-refractivity contribution in [2.45, 2.75) is 26.1 Å². The fourth-order valence-electron chi connectivity index (χ4n) is 3.13. The van der Waals surface area contributed by atoms with Crippen molar-refractivity contribution in [2.75, 3.05) is 11.9 Å². The predicted octanol–water partition coefficient (Wildman–Crippen LogP) is 3.06. The lowest BCUT2D eigenvalue weighted by Crippen LogP contribution is -2.29. The highest BCUT2D eigenvalue weighted by molar-refractivity contribution is 5.95. The number of rotatable bonds is 5. The summed E-state index contributed by atoms with van der Waals surface area (Å²) in [6.07, 6.45) is -1.40. The molecule has 0 amide bonds. The number of anilines is 1. The first-order valence-electron chi connectivity index (χ1n) is 9.38. The van der Waals surface area contributed by atoms with E-state index in [0.717, 1.165) is 6.07 Å². The van der Waals surface area contributed by atoms with E-state index in [4.69, 9.17) is 4.74 Å². The highest BCUT2D eigenvalue weighted by atomic mass is 19.4. The maximum atomic E-state index is 13.6. The summed E-state index contributed by atoms with van der Waals surface area (Å²) in [5, 5.41) is 11.4. The van der Waals surface area contributed by atoms with Crippen molar-refractivity contribution in [1.82, 2.24) is 29.4 Å². The molecule has 0 bridgehead atoms. The Kier molecular flexibility index (Phi) is 4.99. The Bertz CT molecular complexity index is 1280. The molecule has 4 aromatic rings. The summed E-state index contributed by atoms with van der Waals surface area (Å²) < 4.78 is 48.7. The first-order chi connectivity index (χ1) is 14.7. The Balaban J connectivity index is 1.96. The molecule has 0 aliphatic rings. The summed E-state index contributed by atoms with van der Waals surface area (Å²) in [4.78, 5) is 20.7. The molecule has 0 spiro atoms. The van der Waals surface area contributed by atoms with E-state index < -0.39 is 23.8 Å². The molecule has 1 N–H and O–H groups in total. The zero-order valence-corrected chi connectivity index (χ0v) is 16.8. The quantitative estimate of drug-likeness (QED) is 0.483. The number of benzene rings is 1. The molecular weight excluding hydrogens is 415 g/mol. The molecule has 1 aromatic carbocycles. The second kappa shape index (κ2) is 7.52. The molecule has 3 aromatic heterocycles. The van der Waals surface area contributed by atoms with Crippen molar-refractivity contribution in [2.24, 2.45) is 7.05 Å². The number of halogens is 3. The molecule has 3 heterocycles. The minimum Gasteiger partial charge on any atom is -0.464 e. The summed E-state index contributed by atoms with van der Waals surface area (Å²) in [6, 6.07) is 2.85. The first-order valence-corrected chi connectivity index (χ1v) is 9.38. The number of nitrogens with one attached hydrogen (secondary N) is 1. The van der Waals surface area contributed by atoms with Gasteiger partial charge in [0.2, 0.25) is 5.95 Å². The number of aromatic nitrogens is 6. The zero-order chi connectivity index (χ0) is 22.3. The van der Waals surface area contributed by atoms with Crippen LogP contribution in [0.1, 0.15) is 19.4 Å². The van der Waals surface area contributed by atoms with Gasteiger partial charge in [0.15, 0.2) is 11.5 Å². The number of carbonyl (C=O) groups is 1. The third kappa shape index (κ3) is 3.76. The van der Waals surface area contributed by atoms with Gasteiger partial charge in [-0.1, -0.05) is 6.07 Å². The van der Waals surface area contributed by atoms with Gasteiger partial charge in [-0.05, 0) is 26.0 Å². The molecule has 1 atom stereocenters.